The summed E-state index contributed by atoms with van der Waals surface area (Å²) in [5.41, 5.74) is 8.36. The van der Waals surface area contributed by atoms with Gasteiger partial charge in [0.1, 0.15) is 5.82 Å². The molecule has 1 heterocycles. The second kappa shape index (κ2) is 3.68. The summed E-state index contributed by atoms with van der Waals surface area (Å²) in [4.78, 5) is 0. The molecule has 1 aromatic heterocycles. The van der Waals surface area contributed by atoms with Crippen molar-refractivity contribution < 1.29 is 0 Å². The number of rotatable bonds is 4. The van der Waals surface area contributed by atoms with Gasteiger partial charge in [0.05, 0.1) is 11.4 Å². The molecule has 0 amide bonds. The van der Waals surface area contributed by atoms with Crippen molar-refractivity contribution in [2.75, 3.05) is 11.1 Å². The Bertz CT molecular complexity index is 392. The Morgan fingerprint density at radius 3 is 2.69 bits per heavy atom. The number of nitrogens with zero attached hydrogens (tertiary/aromatic N) is 2. The van der Waals surface area contributed by atoms with Gasteiger partial charge in [-0.1, -0.05) is 27.2 Å². The van der Waals surface area contributed by atoms with Gasteiger partial charge in [-0.05, 0) is 18.3 Å². The Hall–Kier alpha value is -1.19. The summed E-state index contributed by atoms with van der Waals surface area (Å²) >= 11 is 0. The third-order valence-corrected chi connectivity index (χ3v) is 3.47. The van der Waals surface area contributed by atoms with E-state index < -0.39 is 0 Å². The maximum absolute atomic E-state index is 6.11. The summed E-state index contributed by atoms with van der Waals surface area (Å²) in [6, 6.07) is 0.541. The van der Waals surface area contributed by atoms with E-state index in [1.165, 1.54) is 6.42 Å². The average molecular weight is 222 g/mol. The van der Waals surface area contributed by atoms with E-state index in [0.717, 1.165) is 30.0 Å². The minimum atomic E-state index is 0.404. The molecule has 90 valence electrons. The molecule has 0 spiro atoms. The van der Waals surface area contributed by atoms with Crippen LogP contribution in [0.15, 0.2) is 0 Å². The molecule has 1 fully saturated rings. The maximum atomic E-state index is 6.11. The number of nitrogen functional groups attached to an aromatic ring is 1. The second-order valence-electron chi connectivity index (χ2n) is 5.47. The lowest BCUT2D eigenvalue weighted by Crippen LogP contribution is -2.12. The van der Waals surface area contributed by atoms with Gasteiger partial charge in [-0.15, -0.1) is 0 Å². The zero-order valence-electron chi connectivity index (χ0n) is 10.7. The molecular formula is C12H22N4. The van der Waals surface area contributed by atoms with Crippen LogP contribution in [0.3, 0.4) is 0 Å². The highest BCUT2D eigenvalue weighted by Crippen LogP contribution is 2.47. The molecule has 1 aromatic rings. The summed E-state index contributed by atoms with van der Waals surface area (Å²) in [6.07, 6.45) is 3.24. The van der Waals surface area contributed by atoms with Crippen molar-refractivity contribution in [1.29, 1.82) is 0 Å². The van der Waals surface area contributed by atoms with Crippen molar-refractivity contribution in [2.24, 2.45) is 12.5 Å². The topological polar surface area (TPSA) is 55.9 Å². The Morgan fingerprint density at radius 2 is 2.19 bits per heavy atom. The van der Waals surface area contributed by atoms with Crippen LogP contribution < -0.4 is 11.1 Å². The molecule has 1 aliphatic carbocycles. The summed E-state index contributed by atoms with van der Waals surface area (Å²) in [7, 11) is 1.95. The fraction of sp³-hybridized carbons (Fsp3) is 0.750. The molecule has 3 N–H and O–H groups in total. The van der Waals surface area contributed by atoms with Crippen LogP contribution in [0.2, 0.25) is 0 Å². The third-order valence-electron chi connectivity index (χ3n) is 3.47. The number of hydrogen-bond donors (Lipinski definition) is 2. The molecule has 0 aromatic carbocycles. The fourth-order valence-electron chi connectivity index (χ4n) is 2.07. The first-order chi connectivity index (χ1) is 7.45. The molecule has 0 radical (unpaired) electrons. The van der Waals surface area contributed by atoms with Crippen LogP contribution in [0, 0.1) is 5.41 Å². The Balaban J connectivity index is 2.15. The Kier molecular flexibility index (Phi) is 2.60. The third kappa shape index (κ3) is 1.88. The van der Waals surface area contributed by atoms with Gasteiger partial charge in [-0.25, -0.2) is 0 Å². The molecule has 2 rings (SSSR count). The average Bonchev–Trinajstić information content (AvgIpc) is 2.71. The molecule has 4 heteroatoms. The van der Waals surface area contributed by atoms with Crippen LogP contribution >= 0.6 is 0 Å². The van der Waals surface area contributed by atoms with E-state index in [-0.39, 0.29) is 0 Å². The number of nitrogens with two attached hydrogens (primary N) is 1. The monoisotopic (exact) mass is 222 g/mol. The molecule has 4 nitrogen and oxygen atoms in total. The first kappa shape index (κ1) is 11.3. The van der Waals surface area contributed by atoms with Crippen molar-refractivity contribution in [2.45, 2.75) is 46.1 Å². The van der Waals surface area contributed by atoms with Gasteiger partial charge in [0.15, 0.2) is 0 Å². The number of anilines is 2. The Labute approximate surface area is 97.2 Å². The van der Waals surface area contributed by atoms with Gasteiger partial charge in [0, 0.05) is 13.1 Å². The molecule has 0 saturated heterocycles. The van der Waals surface area contributed by atoms with Gasteiger partial charge < -0.3 is 11.1 Å². The minimum absolute atomic E-state index is 0.404. The van der Waals surface area contributed by atoms with Crippen LogP contribution in [0.1, 0.15) is 39.3 Å². The number of hydrogen-bond acceptors (Lipinski definition) is 3. The lowest BCUT2D eigenvalue weighted by molar-refractivity contribution is 0.626. The standard InChI is InChI=1S/C12H22N4/c1-5-6-8-10(13)11(16(4)15-8)14-9-7-12(9,2)3/h9,14H,5-7,13H2,1-4H3. The van der Waals surface area contributed by atoms with E-state index in [9.17, 15) is 0 Å². The summed E-state index contributed by atoms with van der Waals surface area (Å²) in [5.74, 6) is 0.985. The highest BCUT2D eigenvalue weighted by molar-refractivity contribution is 5.66. The van der Waals surface area contributed by atoms with E-state index in [0.29, 0.717) is 11.5 Å². The van der Waals surface area contributed by atoms with Crippen LogP contribution in [0.5, 0.6) is 0 Å². The van der Waals surface area contributed by atoms with E-state index in [1.807, 2.05) is 11.7 Å². The van der Waals surface area contributed by atoms with E-state index in [2.05, 4.69) is 31.2 Å². The lowest BCUT2D eigenvalue weighted by atomic mass is 10.2. The Morgan fingerprint density at radius 1 is 1.56 bits per heavy atom. The summed E-state index contributed by atoms with van der Waals surface area (Å²) in [5, 5.41) is 7.95. The van der Waals surface area contributed by atoms with Gasteiger partial charge in [0.2, 0.25) is 0 Å². The van der Waals surface area contributed by atoms with Crippen LogP contribution in [0.25, 0.3) is 0 Å². The molecule has 1 atom stereocenters. The number of aryl methyl sites for hydroxylation is 2. The highest BCUT2D eigenvalue weighted by atomic mass is 15.3. The maximum Gasteiger partial charge on any atom is 0.148 e. The predicted octanol–water partition coefficient (Wildman–Crippen LogP) is 2.17. The number of nitrogens with one attached hydrogen (secondary N) is 1. The van der Waals surface area contributed by atoms with Crippen LogP contribution in [0.4, 0.5) is 11.5 Å². The van der Waals surface area contributed by atoms with Crippen molar-refractivity contribution >= 4 is 11.5 Å². The molecule has 1 aliphatic rings. The van der Waals surface area contributed by atoms with Gasteiger partial charge in [-0.3, -0.25) is 4.68 Å². The van der Waals surface area contributed by atoms with E-state index >= 15 is 0 Å². The molecule has 0 aliphatic heterocycles. The van der Waals surface area contributed by atoms with Crippen molar-refractivity contribution in [3.05, 3.63) is 5.69 Å². The van der Waals surface area contributed by atoms with Crippen molar-refractivity contribution in [3.63, 3.8) is 0 Å². The van der Waals surface area contributed by atoms with Gasteiger partial charge in [0.25, 0.3) is 0 Å². The first-order valence-corrected chi connectivity index (χ1v) is 6.03. The number of aromatic nitrogens is 2. The minimum Gasteiger partial charge on any atom is -0.394 e. The molecule has 16 heavy (non-hydrogen) atoms. The van der Waals surface area contributed by atoms with Crippen LogP contribution in [-0.2, 0) is 13.5 Å². The van der Waals surface area contributed by atoms with Crippen molar-refractivity contribution in [1.82, 2.24) is 9.78 Å². The first-order valence-electron chi connectivity index (χ1n) is 6.03. The fourth-order valence-corrected chi connectivity index (χ4v) is 2.07. The second-order valence-corrected chi connectivity index (χ2v) is 5.47. The molecule has 1 unspecified atom stereocenters. The highest BCUT2D eigenvalue weighted by Gasteiger charge is 2.46. The van der Waals surface area contributed by atoms with Crippen molar-refractivity contribution in [3.8, 4) is 0 Å². The quantitative estimate of drug-likeness (QED) is 0.821. The SMILES string of the molecule is CCCc1nn(C)c(NC2CC2(C)C)c1N. The largest absolute Gasteiger partial charge is 0.394 e. The summed E-state index contributed by atoms with van der Waals surface area (Å²) < 4.78 is 1.87. The van der Waals surface area contributed by atoms with E-state index in [4.69, 9.17) is 5.73 Å². The molecule has 1 saturated carbocycles. The van der Waals surface area contributed by atoms with Crippen LogP contribution in [-0.4, -0.2) is 15.8 Å². The van der Waals surface area contributed by atoms with E-state index in [1.54, 1.807) is 0 Å². The normalized spacial score (nSPS) is 22.1. The predicted molar refractivity (Wildman–Crippen MR) is 67.4 cm³/mol. The molecular weight excluding hydrogens is 200 g/mol. The summed E-state index contributed by atoms with van der Waals surface area (Å²) in [6.45, 7) is 6.68. The smallest absolute Gasteiger partial charge is 0.148 e. The van der Waals surface area contributed by atoms with Gasteiger partial charge >= 0.3 is 0 Å². The lowest BCUT2D eigenvalue weighted by Gasteiger charge is -2.09. The molecule has 0 bridgehead atoms. The zero-order valence-corrected chi connectivity index (χ0v) is 10.7. The zero-order chi connectivity index (χ0) is 11.9. The van der Waals surface area contributed by atoms with Gasteiger partial charge in [-0.2, -0.15) is 5.10 Å².